The maximum Gasteiger partial charge on any atom is 0.289 e. The first-order valence-electron chi connectivity index (χ1n) is 8.65. The van der Waals surface area contributed by atoms with E-state index in [2.05, 4.69) is 5.32 Å². The van der Waals surface area contributed by atoms with Crippen molar-refractivity contribution in [1.82, 2.24) is 4.90 Å². The summed E-state index contributed by atoms with van der Waals surface area (Å²) in [6, 6.07) is 10.8. The van der Waals surface area contributed by atoms with E-state index in [0.29, 0.717) is 42.2 Å². The van der Waals surface area contributed by atoms with E-state index in [1.54, 1.807) is 29.2 Å². The van der Waals surface area contributed by atoms with E-state index in [0.717, 1.165) is 0 Å². The number of likely N-dealkylation sites (tertiary alicyclic amines) is 1. The van der Waals surface area contributed by atoms with Gasteiger partial charge in [-0.2, -0.15) is 0 Å². The molecule has 0 bridgehead atoms. The summed E-state index contributed by atoms with van der Waals surface area (Å²) in [6.07, 6.45) is 1.03. The van der Waals surface area contributed by atoms with E-state index in [1.165, 1.54) is 18.2 Å². The number of amides is 2. The number of nitrogens with zero attached hydrogens (tertiary/aromatic N) is 2. The lowest BCUT2D eigenvalue weighted by Gasteiger charge is -2.31. The van der Waals surface area contributed by atoms with Crippen LogP contribution in [0, 0.1) is 16.0 Å². The average Bonchev–Trinajstić information content (AvgIpc) is 2.69. The minimum Gasteiger partial charge on any atom is -0.339 e. The second-order valence-electron chi connectivity index (χ2n) is 6.49. The number of nitro groups is 1. The molecule has 0 aliphatic carbocycles. The number of halogens is 2. The van der Waals surface area contributed by atoms with Gasteiger partial charge in [0.05, 0.1) is 4.92 Å². The second kappa shape index (κ2) is 8.58. The molecule has 28 heavy (non-hydrogen) atoms. The van der Waals surface area contributed by atoms with E-state index in [-0.39, 0.29) is 28.4 Å². The van der Waals surface area contributed by atoms with Crippen LogP contribution in [0.1, 0.15) is 23.2 Å². The summed E-state index contributed by atoms with van der Waals surface area (Å²) < 4.78 is 0. The fraction of sp³-hybridized carbons (Fsp3) is 0.263. The van der Waals surface area contributed by atoms with Gasteiger partial charge in [0.15, 0.2) is 0 Å². The lowest BCUT2D eigenvalue weighted by Crippen LogP contribution is -2.41. The molecular formula is C19H17Cl2N3O4. The molecule has 2 aromatic carbocycles. The van der Waals surface area contributed by atoms with Crippen LogP contribution in [0.3, 0.4) is 0 Å². The van der Waals surface area contributed by atoms with Crippen molar-refractivity contribution in [1.29, 1.82) is 0 Å². The van der Waals surface area contributed by atoms with Gasteiger partial charge in [-0.05, 0) is 49.2 Å². The SMILES string of the molecule is O=C(Nc1ccc(Cl)c([N+](=O)[O-])c1)C1CCN(C(=O)c2ccc(Cl)cc2)CC1. The van der Waals surface area contributed by atoms with Crippen LogP contribution < -0.4 is 5.32 Å². The largest absolute Gasteiger partial charge is 0.339 e. The Balaban J connectivity index is 1.58. The number of carbonyl (C=O) groups excluding carboxylic acids is 2. The van der Waals surface area contributed by atoms with E-state index in [1.807, 2.05) is 0 Å². The van der Waals surface area contributed by atoms with Crippen LogP contribution in [-0.2, 0) is 4.79 Å². The molecule has 146 valence electrons. The Hall–Kier alpha value is -2.64. The normalized spacial score (nSPS) is 14.6. The van der Waals surface area contributed by atoms with E-state index in [4.69, 9.17) is 23.2 Å². The number of rotatable bonds is 4. The highest BCUT2D eigenvalue weighted by Gasteiger charge is 2.28. The van der Waals surface area contributed by atoms with Crippen molar-refractivity contribution < 1.29 is 14.5 Å². The number of hydrogen-bond donors (Lipinski definition) is 1. The minimum absolute atomic E-state index is 0.0111. The van der Waals surface area contributed by atoms with Crippen LogP contribution in [0.15, 0.2) is 42.5 Å². The molecule has 1 aliphatic heterocycles. The topological polar surface area (TPSA) is 92.5 Å². The van der Waals surface area contributed by atoms with Crippen molar-refractivity contribution in [3.05, 3.63) is 68.2 Å². The predicted molar refractivity (Wildman–Crippen MR) is 107 cm³/mol. The first kappa shape index (κ1) is 20.1. The lowest BCUT2D eigenvalue weighted by molar-refractivity contribution is -0.384. The van der Waals surface area contributed by atoms with Gasteiger partial charge in [-0.15, -0.1) is 0 Å². The zero-order chi connectivity index (χ0) is 20.3. The van der Waals surface area contributed by atoms with Crippen molar-refractivity contribution in [2.75, 3.05) is 18.4 Å². The lowest BCUT2D eigenvalue weighted by atomic mass is 9.95. The molecule has 2 aromatic rings. The Morgan fingerprint density at radius 1 is 1.07 bits per heavy atom. The van der Waals surface area contributed by atoms with Gasteiger partial charge in [0.2, 0.25) is 5.91 Å². The number of hydrogen-bond acceptors (Lipinski definition) is 4. The summed E-state index contributed by atoms with van der Waals surface area (Å²) in [4.78, 5) is 37.1. The fourth-order valence-corrected chi connectivity index (χ4v) is 3.41. The predicted octanol–water partition coefficient (Wildman–Crippen LogP) is 4.39. The number of carbonyl (C=O) groups is 2. The van der Waals surface area contributed by atoms with Crippen molar-refractivity contribution in [2.24, 2.45) is 5.92 Å². The Labute approximate surface area is 171 Å². The molecule has 1 fully saturated rings. The molecule has 9 heteroatoms. The molecule has 1 aliphatic rings. The van der Waals surface area contributed by atoms with Gasteiger partial charge in [-0.1, -0.05) is 23.2 Å². The Kier molecular flexibility index (Phi) is 6.16. The maximum atomic E-state index is 12.5. The van der Waals surface area contributed by atoms with Gasteiger partial charge in [-0.25, -0.2) is 0 Å². The second-order valence-corrected chi connectivity index (χ2v) is 7.33. The molecule has 0 aromatic heterocycles. The Bertz CT molecular complexity index is 910. The van der Waals surface area contributed by atoms with E-state index >= 15 is 0 Å². The molecule has 1 heterocycles. The molecule has 1 saturated heterocycles. The van der Waals surface area contributed by atoms with Crippen LogP contribution in [0.25, 0.3) is 0 Å². The summed E-state index contributed by atoms with van der Waals surface area (Å²) in [5.74, 6) is -0.594. The first-order valence-corrected chi connectivity index (χ1v) is 9.40. The van der Waals surface area contributed by atoms with Gasteiger partial charge >= 0.3 is 0 Å². The molecule has 7 nitrogen and oxygen atoms in total. The van der Waals surface area contributed by atoms with E-state index in [9.17, 15) is 19.7 Å². The van der Waals surface area contributed by atoms with Crippen LogP contribution in [0.2, 0.25) is 10.0 Å². The monoisotopic (exact) mass is 421 g/mol. The summed E-state index contributed by atoms with van der Waals surface area (Å²) in [5, 5.41) is 14.2. The standard InChI is InChI=1S/C19H17Cl2N3O4/c20-14-3-1-13(2-4-14)19(26)23-9-7-12(8-10-23)18(25)22-15-5-6-16(21)17(11-15)24(27)28/h1-6,11-12H,7-10H2,(H,22,25). The zero-order valence-electron chi connectivity index (χ0n) is 14.7. The van der Waals surface area contributed by atoms with Crippen molar-refractivity contribution in [2.45, 2.75) is 12.8 Å². The Morgan fingerprint density at radius 3 is 2.32 bits per heavy atom. The zero-order valence-corrected chi connectivity index (χ0v) is 16.2. The van der Waals surface area contributed by atoms with Gasteiger partial charge in [0, 0.05) is 41.3 Å². The quantitative estimate of drug-likeness (QED) is 0.584. The number of piperidine rings is 1. The van der Waals surface area contributed by atoms with Gasteiger partial charge in [0.25, 0.3) is 11.6 Å². The van der Waals surface area contributed by atoms with Crippen molar-refractivity contribution in [3.63, 3.8) is 0 Å². The molecule has 0 unspecified atom stereocenters. The molecular weight excluding hydrogens is 405 g/mol. The first-order chi connectivity index (χ1) is 13.3. The number of anilines is 1. The third-order valence-electron chi connectivity index (χ3n) is 4.65. The highest BCUT2D eigenvalue weighted by Crippen LogP contribution is 2.28. The molecule has 0 saturated carbocycles. The van der Waals surface area contributed by atoms with Crippen LogP contribution in [-0.4, -0.2) is 34.7 Å². The Morgan fingerprint density at radius 2 is 1.71 bits per heavy atom. The molecule has 0 radical (unpaired) electrons. The van der Waals surface area contributed by atoms with Crippen molar-refractivity contribution in [3.8, 4) is 0 Å². The molecule has 3 rings (SSSR count). The maximum absolute atomic E-state index is 12.5. The van der Waals surface area contributed by atoms with Crippen LogP contribution in [0.5, 0.6) is 0 Å². The number of nitro benzene ring substituents is 1. The van der Waals surface area contributed by atoms with E-state index < -0.39 is 4.92 Å². The third kappa shape index (κ3) is 4.61. The molecule has 0 atom stereocenters. The minimum atomic E-state index is -0.598. The molecule has 0 spiro atoms. The average molecular weight is 422 g/mol. The third-order valence-corrected chi connectivity index (χ3v) is 5.23. The summed E-state index contributed by atoms with van der Waals surface area (Å²) in [6.45, 7) is 0.917. The molecule has 2 amide bonds. The smallest absolute Gasteiger partial charge is 0.289 e. The highest BCUT2D eigenvalue weighted by atomic mass is 35.5. The highest BCUT2D eigenvalue weighted by molar-refractivity contribution is 6.32. The van der Waals surface area contributed by atoms with Crippen molar-refractivity contribution >= 4 is 46.4 Å². The van der Waals surface area contributed by atoms with Gasteiger partial charge in [0.1, 0.15) is 5.02 Å². The fourth-order valence-electron chi connectivity index (χ4n) is 3.09. The number of benzene rings is 2. The summed E-state index contributed by atoms with van der Waals surface area (Å²) >= 11 is 11.6. The number of nitrogens with one attached hydrogen (secondary N) is 1. The summed E-state index contributed by atoms with van der Waals surface area (Å²) in [7, 11) is 0. The van der Waals surface area contributed by atoms with Crippen LogP contribution in [0.4, 0.5) is 11.4 Å². The summed E-state index contributed by atoms with van der Waals surface area (Å²) in [5.41, 5.74) is 0.615. The molecule has 1 N–H and O–H groups in total. The van der Waals surface area contributed by atoms with Gasteiger partial charge in [-0.3, -0.25) is 19.7 Å². The van der Waals surface area contributed by atoms with Gasteiger partial charge < -0.3 is 10.2 Å². The van der Waals surface area contributed by atoms with Crippen LogP contribution >= 0.6 is 23.2 Å².